The van der Waals surface area contributed by atoms with Gasteiger partial charge in [-0.2, -0.15) is 0 Å². The number of aliphatic hydroxyl groups is 1. The lowest BCUT2D eigenvalue weighted by Crippen LogP contribution is -2.70. The van der Waals surface area contributed by atoms with Crippen molar-refractivity contribution in [3.8, 4) is 0 Å². The van der Waals surface area contributed by atoms with Crippen molar-refractivity contribution in [3.05, 3.63) is 0 Å². The number of hydrogen-bond donors (Lipinski definition) is 1. The Bertz CT molecular complexity index is 539. The number of carbonyl (C=O) groups is 1. The molecule has 6 rings (SSSR count). The Labute approximate surface area is 132 Å². The zero-order valence-corrected chi connectivity index (χ0v) is 14.4. The van der Waals surface area contributed by atoms with Gasteiger partial charge in [-0.15, -0.1) is 0 Å². The van der Waals surface area contributed by atoms with E-state index in [-0.39, 0.29) is 34.9 Å². The maximum atomic E-state index is 12.7. The minimum atomic E-state index is -0.668. The highest BCUT2D eigenvalue weighted by Crippen LogP contribution is 2.73. The van der Waals surface area contributed by atoms with Gasteiger partial charge in [0.05, 0.1) is 12.2 Å². The normalized spacial score (nSPS) is 57.8. The van der Waals surface area contributed by atoms with Crippen LogP contribution in [0.2, 0.25) is 0 Å². The molecular weight excluding hydrogens is 280 g/mol. The third kappa shape index (κ3) is 1.47. The fourth-order valence-electron chi connectivity index (χ4n) is 6.57. The van der Waals surface area contributed by atoms with Gasteiger partial charge in [0, 0.05) is 17.8 Å². The van der Waals surface area contributed by atoms with E-state index < -0.39 is 11.9 Å². The molecule has 4 nitrogen and oxygen atoms in total. The van der Waals surface area contributed by atoms with Crippen LogP contribution in [0.25, 0.3) is 0 Å². The highest BCUT2D eigenvalue weighted by molar-refractivity contribution is 5.86. The third-order valence-corrected chi connectivity index (χ3v) is 7.29. The number of ether oxygens (including phenoxy) is 2. The number of hydrogen-bond acceptors (Lipinski definition) is 4. The van der Waals surface area contributed by atoms with Gasteiger partial charge in [0.1, 0.15) is 11.9 Å². The Hall–Kier alpha value is -0.450. The molecule has 5 aliphatic carbocycles. The number of carbonyl (C=O) groups excluding carboxylic acids is 1. The van der Waals surface area contributed by atoms with E-state index in [4.69, 9.17) is 9.47 Å². The minimum absolute atomic E-state index is 0.0420. The molecule has 0 aromatic rings. The fraction of sp³-hybridized carbons (Fsp3) is 0.944. The van der Waals surface area contributed by atoms with Crippen LogP contribution in [-0.4, -0.2) is 35.0 Å². The molecule has 0 amide bonds. The summed E-state index contributed by atoms with van der Waals surface area (Å²) in [5.74, 6) is 0.608. The van der Waals surface area contributed by atoms with Gasteiger partial charge < -0.3 is 14.6 Å². The van der Waals surface area contributed by atoms with Crippen LogP contribution in [0.3, 0.4) is 0 Å². The molecule has 1 aliphatic heterocycles. The van der Waals surface area contributed by atoms with E-state index in [9.17, 15) is 9.90 Å². The lowest BCUT2D eigenvalue weighted by atomic mass is 9.35. The van der Waals surface area contributed by atoms with Gasteiger partial charge in [0.2, 0.25) is 0 Å². The number of Topliss-reactive ketones (excluding diaryl/α,β-unsaturated/α-hetero) is 1. The average molecular weight is 308 g/mol. The topological polar surface area (TPSA) is 55.8 Å². The first-order valence-corrected chi connectivity index (χ1v) is 8.58. The number of rotatable bonds is 0. The van der Waals surface area contributed by atoms with Crippen LogP contribution < -0.4 is 0 Å². The zero-order chi connectivity index (χ0) is 16.2. The molecule has 0 aromatic heterocycles. The summed E-state index contributed by atoms with van der Waals surface area (Å²) in [5, 5.41) is 11.2. The lowest BCUT2D eigenvalue weighted by molar-refractivity contribution is -0.259. The van der Waals surface area contributed by atoms with Gasteiger partial charge in [-0.1, -0.05) is 27.7 Å². The van der Waals surface area contributed by atoms with Crippen LogP contribution in [0.4, 0.5) is 0 Å². The lowest BCUT2D eigenvalue weighted by Gasteiger charge is -2.68. The second kappa shape index (κ2) is 3.96. The van der Waals surface area contributed by atoms with Crippen LogP contribution in [0.5, 0.6) is 0 Å². The first kappa shape index (κ1) is 15.1. The smallest absolute Gasteiger partial charge is 0.163 e. The van der Waals surface area contributed by atoms with Crippen molar-refractivity contribution in [2.45, 2.75) is 72.1 Å². The number of fused-ring (bicyclic) bond motifs is 2. The molecule has 6 fully saturated rings. The monoisotopic (exact) mass is 308 g/mol. The first-order chi connectivity index (χ1) is 10.0. The molecule has 5 saturated carbocycles. The molecule has 1 N–H and O–H groups in total. The van der Waals surface area contributed by atoms with Crippen LogP contribution in [0.1, 0.15) is 48.0 Å². The van der Waals surface area contributed by atoms with E-state index in [0.717, 1.165) is 0 Å². The van der Waals surface area contributed by atoms with Crippen LogP contribution in [0, 0.1) is 34.5 Å². The summed E-state index contributed by atoms with van der Waals surface area (Å²) in [6.07, 6.45) is -0.480. The van der Waals surface area contributed by atoms with E-state index in [1.165, 1.54) is 0 Å². The molecule has 4 heteroatoms. The van der Waals surface area contributed by atoms with E-state index in [2.05, 4.69) is 27.7 Å². The Morgan fingerprint density at radius 3 is 2.32 bits per heavy atom. The van der Waals surface area contributed by atoms with Gasteiger partial charge in [0.15, 0.2) is 5.79 Å². The molecule has 124 valence electrons. The van der Waals surface area contributed by atoms with E-state index in [1.807, 2.05) is 13.8 Å². The Kier molecular flexibility index (Phi) is 2.72. The molecule has 0 radical (unpaired) electrons. The minimum Gasteiger partial charge on any atom is -0.390 e. The average Bonchev–Trinajstić information content (AvgIpc) is 2.66. The molecule has 0 unspecified atom stereocenters. The molecule has 1 saturated heterocycles. The molecule has 0 spiro atoms. The summed E-state index contributed by atoms with van der Waals surface area (Å²) in [4.78, 5) is 12.7. The SMILES string of the molecule is C[C@@H]1CC(=O)[C@@H]2[C@@H]3[C@H]1[C@@]2(C)[C@H](O)[C@@H]1OC(C)(C)O[C@H]1C3(C)C. The van der Waals surface area contributed by atoms with Gasteiger partial charge in [-0.25, -0.2) is 0 Å². The molecule has 4 bridgehead atoms. The Morgan fingerprint density at radius 1 is 1.09 bits per heavy atom. The van der Waals surface area contributed by atoms with Crippen molar-refractivity contribution in [1.29, 1.82) is 0 Å². The Balaban J connectivity index is 1.85. The van der Waals surface area contributed by atoms with Gasteiger partial charge in [0.25, 0.3) is 0 Å². The van der Waals surface area contributed by atoms with Crippen molar-refractivity contribution in [2.75, 3.05) is 0 Å². The molecule has 22 heavy (non-hydrogen) atoms. The number of aliphatic hydroxyl groups excluding tert-OH is 1. The standard InChI is InChI=1S/C18H28O4/c1-8-7-9(19)11-12-10(8)18(11,6)14(20)13-15(16(12,2)3)22-17(4,5)21-13/h8,10-15,20H,7H2,1-6H3/t8-,10+,11-,12+,13+,14-,15-,18-/m1/s1. The summed E-state index contributed by atoms with van der Waals surface area (Å²) < 4.78 is 12.3. The summed E-state index contributed by atoms with van der Waals surface area (Å²) >= 11 is 0. The maximum absolute atomic E-state index is 12.7. The quantitative estimate of drug-likeness (QED) is 0.746. The summed E-state index contributed by atoms with van der Waals surface area (Å²) in [6, 6.07) is 0. The highest BCUT2D eigenvalue weighted by atomic mass is 16.8. The highest BCUT2D eigenvalue weighted by Gasteiger charge is 2.78. The molecule has 1 heterocycles. The van der Waals surface area contributed by atoms with Gasteiger partial charge in [-0.3, -0.25) is 4.79 Å². The van der Waals surface area contributed by atoms with Crippen molar-refractivity contribution >= 4 is 5.78 Å². The van der Waals surface area contributed by atoms with Crippen LogP contribution in [-0.2, 0) is 14.3 Å². The van der Waals surface area contributed by atoms with Crippen LogP contribution >= 0.6 is 0 Å². The Morgan fingerprint density at radius 2 is 1.73 bits per heavy atom. The predicted molar refractivity (Wildman–Crippen MR) is 81.0 cm³/mol. The van der Waals surface area contributed by atoms with Crippen molar-refractivity contribution in [1.82, 2.24) is 0 Å². The first-order valence-electron chi connectivity index (χ1n) is 8.58. The largest absolute Gasteiger partial charge is 0.390 e. The molecule has 8 atom stereocenters. The fourth-order valence-corrected chi connectivity index (χ4v) is 6.57. The van der Waals surface area contributed by atoms with Gasteiger partial charge in [-0.05, 0) is 37.0 Å². The van der Waals surface area contributed by atoms with Crippen molar-refractivity contribution < 1.29 is 19.4 Å². The summed E-state index contributed by atoms with van der Waals surface area (Å²) in [6.45, 7) is 12.5. The zero-order valence-electron chi connectivity index (χ0n) is 14.4. The molecular formula is C18H28O4. The van der Waals surface area contributed by atoms with E-state index >= 15 is 0 Å². The van der Waals surface area contributed by atoms with Crippen LogP contribution in [0.15, 0.2) is 0 Å². The second-order valence-electron chi connectivity index (χ2n) is 9.33. The molecule has 6 aliphatic rings. The van der Waals surface area contributed by atoms with Crippen molar-refractivity contribution in [2.24, 2.45) is 34.5 Å². The third-order valence-electron chi connectivity index (χ3n) is 7.29. The number of ketones is 1. The summed E-state index contributed by atoms with van der Waals surface area (Å²) in [7, 11) is 0. The predicted octanol–water partition coefficient (Wildman–Crippen LogP) is 2.38. The van der Waals surface area contributed by atoms with Crippen molar-refractivity contribution in [3.63, 3.8) is 0 Å². The summed E-state index contributed by atoms with van der Waals surface area (Å²) in [5.41, 5.74) is -0.533. The molecule has 0 aromatic carbocycles. The van der Waals surface area contributed by atoms with E-state index in [0.29, 0.717) is 24.0 Å². The van der Waals surface area contributed by atoms with E-state index in [1.54, 1.807) is 0 Å². The second-order valence-corrected chi connectivity index (χ2v) is 9.33. The maximum Gasteiger partial charge on any atom is 0.163 e. The van der Waals surface area contributed by atoms with Gasteiger partial charge >= 0.3 is 0 Å².